The molecule has 0 aliphatic carbocycles. The van der Waals surface area contributed by atoms with Gasteiger partial charge in [-0.05, 0) is 54.4 Å². The van der Waals surface area contributed by atoms with E-state index >= 15 is 0 Å². The third-order valence-corrected chi connectivity index (χ3v) is 3.47. The lowest BCUT2D eigenvalue weighted by Gasteiger charge is -2.14. The van der Waals surface area contributed by atoms with Crippen LogP contribution in [-0.4, -0.2) is 144 Å². The van der Waals surface area contributed by atoms with Crippen LogP contribution in [0.2, 0.25) is 0 Å². The second-order valence-electron chi connectivity index (χ2n) is 8.30. The lowest BCUT2D eigenvalue weighted by Crippen LogP contribution is -2.22. The molecule has 0 saturated carbocycles. The molecule has 0 aromatic heterocycles. The molecule has 0 saturated heterocycles. The summed E-state index contributed by atoms with van der Waals surface area (Å²) in [5, 5.41) is 68.0. The number of aliphatic hydroxyl groups excluding tert-OH is 8. The molecule has 0 fully saturated rings. The number of rotatable bonds is 18. The monoisotopic (exact) mass is 536 g/mol. The van der Waals surface area contributed by atoms with E-state index in [0.29, 0.717) is 45.9 Å². The van der Waals surface area contributed by atoms with E-state index in [4.69, 9.17) is 59.8 Å². The maximum atomic E-state index is 8.69. The Morgan fingerprint density at radius 1 is 0.500 bits per heavy atom. The first-order valence-corrected chi connectivity index (χ1v) is 12.4. The minimum atomic E-state index is -0.445. The average molecular weight is 537 g/mol. The zero-order chi connectivity index (χ0) is 28.8. The Kier molecular flexibility index (Phi) is 40.9. The first-order chi connectivity index (χ1) is 16.9. The molecule has 12 heteroatoms. The molecule has 0 rings (SSSR count). The van der Waals surface area contributed by atoms with Crippen LogP contribution < -0.4 is 0 Å². The van der Waals surface area contributed by atoms with Gasteiger partial charge in [-0.2, -0.15) is 0 Å². The minimum absolute atomic E-state index is 0.00431. The van der Waals surface area contributed by atoms with Gasteiger partial charge < -0.3 is 59.8 Å². The van der Waals surface area contributed by atoms with Gasteiger partial charge in [0.15, 0.2) is 0 Å². The molecule has 0 aromatic carbocycles. The Balaban J connectivity index is -0.000000190. The topological polar surface area (TPSA) is 199 Å². The number of hydrogen-bond acceptors (Lipinski definition) is 12. The van der Waals surface area contributed by atoms with Crippen molar-refractivity contribution < 1.29 is 59.8 Å². The molecule has 0 aromatic rings. The van der Waals surface area contributed by atoms with Crippen molar-refractivity contribution in [3.8, 4) is 0 Å². The third kappa shape index (κ3) is 50.4. The lowest BCUT2D eigenvalue weighted by molar-refractivity contribution is -0.0424. The molecule has 0 bridgehead atoms. The SMILES string of the molecule is CC(CO)OC(C)CO.CC(O)COC(C)CO.CC(O)COCC(C)O.OCCCOCCCO. The average Bonchev–Trinajstić information content (AvgIpc) is 2.83. The van der Waals surface area contributed by atoms with Gasteiger partial charge in [0.05, 0.1) is 76.3 Å². The van der Waals surface area contributed by atoms with Crippen LogP contribution >= 0.6 is 0 Å². The van der Waals surface area contributed by atoms with E-state index in [-0.39, 0.29) is 51.3 Å². The molecular formula is C24H56O12. The van der Waals surface area contributed by atoms with Gasteiger partial charge in [0, 0.05) is 26.4 Å². The van der Waals surface area contributed by atoms with E-state index in [1.807, 2.05) is 0 Å². The van der Waals surface area contributed by atoms with Crippen molar-refractivity contribution in [3.05, 3.63) is 0 Å². The minimum Gasteiger partial charge on any atom is -0.396 e. The van der Waals surface area contributed by atoms with Gasteiger partial charge in [-0.15, -0.1) is 0 Å². The van der Waals surface area contributed by atoms with Crippen LogP contribution in [0.1, 0.15) is 54.4 Å². The predicted octanol–water partition coefficient (Wildman–Crippen LogP) is -0.938. The molecule has 8 N–H and O–H groups in total. The van der Waals surface area contributed by atoms with E-state index in [0.717, 1.165) is 0 Å². The summed E-state index contributed by atoms with van der Waals surface area (Å²) < 4.78 is 19.9. The first kappa shape index (κ1) is 42.6. The zero-order valence-corrected chi connectivity index (χ0v) is 23.2. The summed E-state index contributed by atoms with van der Waals surface area (Å²) in [5.41, 5.74) is 0. The van der Waals surface area contributed by atoms with E-state index in [2.05, 4.69) is 0 Å². The fourth-order valence-electron chi connectivity index (χ4n) is 1.68. The fraction of sp³-hybridized carbons (Fsp3) is 1.00. The van der Waals surface area contributed by atoms with Crippen LogP contribution in [0, 0.1) is 0 Å². The van der Waals surface area contributed by atoms with Gasteiger partial charge in [-0.3, -0.25) is 0 Å². The van der Waals surface area contributed by atoms with Crippen LogP contribution in [0.25, 0.3) is 0 Å². The molecule has 12 nitrogen and oxygen atoms in total. The Morgan fingerprint density at radius 2 is 0.861 bits per heavy atom. The van der Waals surface area contributed by atoms with Gasteiger partial charge in [0.25, 0.3) is 0 Å². The van der Waals surface area contributed by atoms with Crippen molar-refractivity contribution in [2.75, 3.05) is 66.1 Å². The molecule has 36 heavy (non-hydrogen) atoms. The second-order valence-corrected chi connectivity index (χ2v) is 8.30. The summed E-state index contributed by atoms with van der Waals surface area (Å²) >= 11 is 0. The highest BCUT2D eigenvalue weighted by atomic mass is 16.5. The van der Waals surface area contributed by atoms with Crippen molar-refractivity contribution in [1.82, 2.24) is 0 Å². The molecule has 6 atom stereocenters. The molecule has 224 valence electrons. The smallest absolute Gasteiger partial charge is 0.0782 e. The summed E-state index contributed by atoms with van der Waals surface area (Å²) in [6, 6.07) is 0. The maximum Gasteiger partial charge on any atom is 0.0782 e. The van der Waals surface area contributed by atoms with Crippen molar-refractivity contribution in [1.29, 1.82) is 0 Å². The Hall–Kier alpha value is -0.480. The molecule has 0 spiro atoms. The van der Waals surface area contributed by atoms with Crippen molar-refractivity contribution in [2.24, 2.45) is 0 Å². The Bertz CT molecular complexity index is 351. The van der Waals surface area contributed by atoms with E-state index in [9.17, 15) is 0 Å². The standard InChI is InChI=1S/4C6H14O3/c1-5(8)4-9-6(2)3-7;1-5(7)3-9-4-6(2)8;1-5(3-7)9-6(2)4-8;7-3-1-5-9-6-2-4-8/h3*5-8H,3-4H2,1-2H3;7-8H,1-6H2. The largest absolute Gasteiger partial charge is 0.396 e. The maximum absolute atomic E-state index is 8.69. The van der Waals surface area contributed by atoms with Gasteiger partial charge in [-0.25, -0.2) is 0 Å². The molecule has 6 unspecified atom stereocenters. The normalized spacial score (nSPS) is 15.5. The van der Waals surface area contributed by atoms with E-state index in [1.165, 1.54) is 0 Å². The third-order valence-electron chi connectivity index (χ3n) is 3.47. The van der Waals surface area contributed by atoms with Crippen LogP contribution in [0.4, 0.5) is 0 Å². The molecule has 0 aliphatic rings. The van der Waals surface area contributed by atoms with E-state index < -0.39 is 18.3 Å². The molecule has 0 heterocycles. The predicted molar refractivity (Wildman–Crippen MR) is 137 cm³/mol. The van der Waals surface area contributed by atoms with Gasteiger partial charge in [0.1, 0.15) is 0 Å². The van der Waals surface area contributed by atoms with Crippen LogP contribution in [-0.2, 0) is 18.9 Å². The van der Waals surface area contributed by atoms with Gasteiger partial charge in [-0.1, -0.05) is 0 Å². The Morgan fingerprint density at radius 3 is 1.14 bits per heavy atom. The number of aliphatic hydroxyl groups is 8. The van der Waals surface area contributed by atoms with Gasteiger partial charge >= 0.3 is 0 Å². The molecule has 0 radical (unpaired) electrons. The first-order valence-electron chi connectivity index (χ1n) is 12.4. The second kappa shape index (κ2) is 34.5. The molecular weight excluding hydrogens is 480 g/mol. The summed E-state index contributed by atoms with van der Waals surface area (Å²) in [4.78, 5) is 0. The van der Waals surface area contributed by atoms with Crippen LogP contribution in [0.15, 0.2) is 0 Å². The van der Waals surface area contributed by atoms with Crippen LogP contribution in [0.5, 0.6) is 0 Å². The van der Waals surface area contributed by atoms with Crippen molar-refractivity contribution in [3.63, 3.8) is 0 Å². The number of hydrogen-bond donors (Lipinski definition) is 8. The quantitative estimate of drug-likeness (QED) is 0.100. The summed E-state index contributed by atoms with van der Waals surface area (Å²) in [6.07, 6.45) is -0.470. The summed E-state index contributed by atoms with van der Waals surface area (Å²) in [5.74, 6) is 0. The van der Waals surface area contributed by atoms with Crippen molar-refractivity contribution in [2.45, 2.75) is 91.0 Å². The zero-order valence-electron chi connectivity index (χ0n) is 23.2. The highest BCUT2D eigenvalue weighted by Crippen LogP contribution is 1.95. The van der Waals surface area contributed by atoms with Gasteiger partial charge in [0.2, 0.25) is 0 Å². The van der Waals surface area contributed by atoms with E-state index in [1.54, 1.807) is 41.5 Å². The highest BCUT2D eigenvalue weighted by Gasteiger charge is 2.04. The summed E-state index contributed by atoms with van der Waals surface area (Å²) in [6.45, 7) is 12.6. The molecule has 0 amide bonds. The summed E-state index contributed by atoms with van der Waals surface area (Å²) in [7, 11) is 0. The highest BCUT2D eigenvalue weighted by molar-refractivity contribution is 4.51. The number of ether oxygens (including phenoxy) is 4. The van der Waals surface area contributed by atoms with Crippen LogP contribution in [0.3, 0.4) is 0 Å². The van der Waals surface area contributed by atoms with Crippen molar-refractivity contribution >= 4 is 0 Å². The molecule has 0 aliphatic heterocycles. The lowest BCUT2D eigenvalue weighted by atomic mass is 10.4. The fourth-order valence-corrected chi connectivity index (χ4v) is 1.68. The Labute approximate surface area is 217 Å².